The van der Waals surface area contributed by atoms with Crippen LogP contribution in [-0.2, 0) is 0 Å². The van der Waals surface area contributed by atoms with Gasteiger partial charge < -0.3 is 10.0 Å². The molecule has 1 N–H and O–H groups in total. The van der Waals surface area contributed by atoms with Crippen LogP contribution in [0.1, 0.15) is 38.4 Å². The highest BCUT2D eigenvalue weighted by atomic mass is 16.3. The van der Waals surface area contributed by atoms with Gasteiger partial charge in [-0.2, -0.15) is 0 Å². The highest BCUT2D eigenvalue weighted by molar-refractivity contribution is 5.83. The van der Waals surface area contributed by atoms with Crippen LogP contribution in [0.3, 0.4) is 0 Å². The fourth-order valence-corrected chi connectivity index (χ4v) is 3.20. The number of hydrogen-bond acceptors (Lipinski definition) is 2. The van der Waals surface area contributed by atoms with E-state index in [1.165, 1.54) is 10.8 Å². The number of nitrogens with zero attached hydrogens (tertiary/aromatic N) is 1. The van der Waals surface area contributed by atoms with Crippen molar-refractivity contribution >= 4 is 10.8 Å². The molecular formula is C18H25NO. The van der Waals surface area contributed by atoms with Crippen molar-refractivity contribution in [2.45, 2.75) is 38.3 Å². The van der Waals surface area contributed by atoms with E-state index in [9.17, 15) is 5.11 Å². The van der Waals surface area contributed by atoms with Gasteiger partial charge >= 0.3 is 0 Å². The maximum absolute atomic E-state index is 10.9. The van der Waals surface area contributed by atoms with Gasteiger partial charge in [0.15, 0.2) is 0 Å². The first-order valence-electron chi connectivity index (χ1n) is 7.39. The summed E-state index contributed by atoms with van der Waals surface area (Å²) in [6.45, 7) is 4.29. The molecule has 2 rings (SSSR count). The van der Waals surface area contributed by atoms with E-state index in [0.29, 0.717) is 0 Å². The molecule has 0 aliphatic carbocycles. The van der Waals surface area contributed by atoms with Gasteiger partial charge in [-0.25, -0.2) is 0 Å². The summed E-state index contributed by atoms with van der Waals surface area (Å²) in [7, 11) is 4.11. The molecule has 2 aromatic rings. The number of benzene rings is 2. The fraction of sp³-hybridized carbons (Fsp3) is 0.444. The summed E-state index contributed by atoms with van der Waals surface area (Å²) in [5.74, 6) is 0. The van der Waals surface area contributed by atoms with Crippen LogP contribution in [0.25, 0.3) is 10.8 Å². The first-order chi connectivity index (χ1) is 9.55. The van der Waals surface area contributed by atoms with E-state index in [0.717, 1.165) is 18.4 Å². The number of rotatable bonds is 5. The van der Waals surface area contributed by atoms with Crippen molar-refractivity contribution in [3.63, 3.8) is 0 Å². The molecule has 2 nitrogen and oxygen atoms in total. The van der Waals surface area contributed by atoms with Gasteiger partial charge in [0.25, 0.3) is 0 Å². The molecule has 0 saturated carbocycles. The number of likely N-dealkylation sites (N-methyl/N-ethyl adjacent to an activating group) is 1. The molecule has 0 heterocycles. The quantitative estimate of drug-likeness (QED) is 0.888. The van der Waals surface area contributed by atoms with Gasteiger partial charge in [-0.15, -0.1) is 0 Å². The van der Waals surface area contributed by atoms with E-state index in [1.54, 1.807) is 0 Å². The third-order valence-electron chi connectivity index (χ3n) is 4.71. The molecule has 0 bridgehead atoms. The molecule has 2 aromatic carbocycles. The summed E-state index contributed by atoms with van der Waals surface area (Å²) in [5, 5.41) is 13.3. The molecule has 20 heavy (non-hydrogen) atoms. The summed E-state index contributed by atoms with van der Waals surface area (Å²) < 4.78 is 0. The third-order valence-corrected chi connectivity index (χ3v) is 4.71. The maximum Gasteiger partial charge on any atom is 0.0973 e. The monoisotopic (exact) mass is 271 g/mol. The van der Waals surface area contributed by atoms with Crippen LogP contribution in [0.2, 0.25) is 0 Å². The predicted molar refractivity (Wildman–Crippen MR) is 85.9 cm³/mol. The molecular weight excluding hydrogens is 246 g/mol. The predicted octanol–water partition coefficient (Wildman–Crippen LogP) is 3.99. The minimum atomic E-state index is -0.475. The highest BCUT2D eigenvalue weighted by Crippen LogP contribution is 2.36. The minimum absolute atomic E-state index is 0.206. The van der Waals surface area contributed by atoms with Crippen molar-refractivity contribution in [1.29, 1.82) is 0 Å². The van der Waals surface area contributed by atoms with Gasteiger partial charge in [-0.3, -0.25) is 0 Å². The van der Waals surface area contributed by atoms with E-state index < -0.39 is 6.10 Å². The molecule has 0 aliphatic rings. The van der Waals surface area contributed by atoms with Crippen LogP contribution in [0.15, 0.2) is 42.5 Å². The van der Waals surface area contributed by atoms with E-state index in [4.69, 9.17) is 0 Å². The molecule has 0 aromatic heterocycles. The summed E-state index contributed by atoms with van der Waals surface area (Å²) in [6.07, 6.45) is 1.37. The molecule has 1 unspecified atom stereocenters. The van der Waals surface area contributed by atoms with Crippen LogP contribution < -0.4 is 0 Å². The average Bonchev–Trinajstić information content (AvgIpc) is 2.48. The second-order valence-corrected chi connectivity index (χ2v) is 5.71. The maximum atomic E-state index is 10.9. The lowest BCUT2D eigenvalue weighted by molar-refractivity contribution is -0.0148. The van der Waals surface area contributed by atoms with Gasteiger partial charge in [-0.05, 0) is 49.3 Å². The highest BCUT2D eigenvalue weighted by Gasteiger charge is 2.37. The van der Waals surface area contributed by atoms with Gasteiger partial charge in [0.1, 0.15) is 0 Å². The third kappa shape index (κ3) is 2.46. The molecule has 1 atom stereocenters. The number of aliphatic hydroxyl groups excluding tert-OH is 1. The SMILES string of the molecule is CCC(CC)(C(O)c1ccc2ccccc2c1)N(C)C. The standard InChI is InChI=1S/C18H25NO/c1-5-18(6-2,19(3)4)17(20)16-12-11-14-9-7-8-10-15(14)13-16/h7-13,17,20H,5-6H2,1-4H3. The Kier molecular flexibility index (Phi) is 4.46. The Balaban J connectivity index is 2.46. The lowest BCUT2D eigenvalue weighted by Crippen LogP contribution is -2.48. The molecule has 2 heteroatoms. The van der Waals surface area contributed by atoms with Gasteiger partial charge in [0, 0.05) is 5.54 Å². The molecule has 0 fully saturated rings. The zero-order valence-electron chi connectivity index (χ0n) is 12.9. The number of hydrogen-bond donors (Lipinski definition) is 1. The van der Waals surface area contributed by atoms with Crippen molar-refractivity contribution < 1.29 is 5.11 Å². The molecule has 0 aliphatic heterocycles. The lowest BCUT2D eigenvalue weighted by Gasteiger charge is -2.42. The topological polar surface area (TPSA) is 23.5 Å². The Labute approximate surface area is 122 Å². The molecule has 0 spiro atoms. The van der Waals surface area contributed by atoms with Crippen LogP contribution in [-0.4, -0.2) is 29.6 Å². The van der Waals surface area contributed by atoms with E-state index in [-0.39, 0.29) is 5.54 Å². The fourth-order valence-electron chi connectivity index (χ4n) is 3.20. The Morgan fingerprint density at radius 2 is 1.60 bits per heavy atom. The van der Waals surface area contributed by atoms with Crippen molar-refractivity contribution in [2.24, 2.45) is 0 Å². The van der Waals surface area contributed by atoms with E-state index in [1.807, 2.05) is 12.1 Å². The van der Waals surface area contributed by atoms with Crippen molar-refractivity contribution in [3.05, 3.63) is 48.0 Å². The number of fused-ring (bicyclic) bond motifs is 1. The second-order valence-electron chi connectivity index (χ2n) is 5.71. The van der Waals surface area contributed by atoms with Crippen LogP contribution in [0.5, 0.6) is 0 Å². The summed E-state index contributed by atoms with van der Waals surface area (Å²) in [5.41, 5.74) is 0.795. The first-order valence-corrected chi connectivity index (χ1v) is 7.39. The van der Waals surface area contributed by atoms with E-state index >= 15 is 0 Å². The minimum Gasteiger partial charge on any atom is -0.386 e. The number of aliphatic hydroxyl groups is 1. The summed E-state index contributed by atoms with van der Waals surface area (Å²) in [6, 6.07) is 14.5. The van der Waals surface area contributed by atoms with Crippen molar-refractivity contribution in [2.75, 3.05) is 14.1 Å². The smallest absolute Gasteiger partial charge is 0.0973 e. The summed E-state index contributed by atoms with van der Waals surface area (Å²) >= 11 is 0. The van der Waals surface area contributed by atoms with Crippen LogP contribution >= 0.6 is 0 Å². The Morgan fingerprint density at radius 3 is 2.15 bits per heavy atom. The molecule has 108 valence electrons. The van der Waals surface area contributed by atoms with Gasteiger partial charge in [0.2, 0.25) is 0 Å². The first kappa shape index (κ1) is 15.0. The lowest BCUT2D eigenvalue weighted by atomic mass is 9.81. The van der Waals surface area contributed by atoms with E-state index in [2.05, 4.69) is 63.2 Å². The van der Waals surface area contributed by atoms with Gasteiger partial charge in [0.05, 0.1) is 6.10 Å². The Hall–Kier alpha value is -1.38. The Bertz CT molecular complexity index is 572. The Morgan fingerprint density at radius 1 is 1.00 bits per heavy atom. The largest absolute Gasteiger partial charge is 0.386 e. The second kappa shape index (κ2) is 5.94. The molecule has 0 amide bonds. The zero-order chi connectivity index (χ0) is 14.8. The summed E-state index contributed by atoms with van der Waals surface area (Å²) in [4.78, 5) is 2.16. The van der Waals surface area contributed by atoms with Crippen molar-refractivity contribution in [1.82, 2.24) is 4.90 Å². The zero-order valence-corrected chi connectivity index (χ0v) is 12.9. The van der Waals surface area contributed by atoms with Crippen LogP contribution in [0.4, 0.5) is 0 Å². The van der Waals surface area contributed by atoms with Gasteiger partial charge in [-0.1, -0.05) is 50.2 Å². The van der Waals surface area contributed by atoms with Crippen LogP contribution in [0, 0.1) is 0 Å². The normalized spacial score (nSPS) is 13.9. The molecule has 0 radical (unpaired) electrons. The molecule has 0 saturated heterocycles. The van der Waals surface area contributed by atoms with Crippen molar-refractivity contribution in [3.8, 4) is 0 Å². The average molecular weight is 271 g/mol.